The molecule has 7 heteroatoms. The third-order valence-electron chi connectivity index (χ3n) is 3.81. The first-order valence-electron chi connectivity index (χ1n) is 8.44. The molecule has 0 aliphatic heterocycles. The van der Waals surface area contributed by atoms with Crippen molar-refractivity contribution >= 4 is 11.0 Å². The Morgan fingerprint density at radius 2 is 1.78 bits per heavy atom. The fourth-order valence-electron chi connectivity index (χ4n) is 2.47. The van der Waals surface area contributed by atoms with Gasteiger partial charge in [0.25, 0.3) is 5.76 Å². The van der Waals surface area contributed by atoms with Crippen molar-refractivity contribution in [3.05, 3.63) is 64.5 Å². The maximum atomic E-state index is 13.5. The summed E-state index contributed by atoms with van der Waals surface area (Å²) in [5.74, 6) is -1.92. The monoisotopic (exact) mass is 378 g/mol. The quantitative estimate of drug-likeness (QED) is 0.510. The third kappa shape index (κ3) is 4.24. The molecular formula is C20H17F3O4. The van der Waals surface area contributed by atoms with E-state index in [1.807, 2.05) is 6.92 Å². The second-order valence-electron chi connectivity index (χ2n) is 5.86. The lowest BCUT2D eigenvalue weighted by molar-refractivity contribution is -0.154. The topological polar surface area (TPSA) is 48.7 Å². The molecule has 0 saturated carbocycles. The first-order valence-corrected chi connectivity index (χ1v) is 8.44. The summed E-state index contributed by atoms with van der Waals surface area (Å²) in [6.45, 7) is 2.42. The molecule has 0 N–H and O–H groups in total. The molecular weight excluding hydrogens is 361 g/mol. The number of benzene rings is 2. The van der Waals surface area contributed by atoms with Crippen molar-refractivity contribution in [3.63, 3.8) is 0 Å². The van der Waals surface area contributed by atoms with Crippen molar-refractivity contribution < 1.29 is 27.1 Å². The van der Waals surface area contributed by atoms with Crippen molar-refractivity contribution in [1.29, 1.82) is 0 Å². The average molecular weight is 378 g/mol. The van der Waals surface area contributed by atoms with Crippen LogP contribution in [0.25, 0.3) is 11.0 Å². The van der Waals surface area contributed by atoms with Crippen LogP contribution >= 0.6 is 0 Å². The molecule has 1 aromatic heterocycles. The number of unbranched alkanes of at least 4 members (excludes halogenated alkanes) is 1. The van der Waals surface area contributed by atoms with Crippen LogP contribution in [0.15, 0.2) is 57.7 Å². The first kappa shape index (κ1) is 18.8. The fourth-order valence-corrected chi connectivity index (χ4v) is 2.47. The van der Waals surface area contributed by atoms with E-state index in [-0.39, 0.29) is 16.7 Å². The molecule has 1 heterocycles. The molecule has 0 aliphatic carbocycles. The largest absolute Gasteiger partial charge is 0.493 e. The number of rotatable bonds is 6. The Bertz CT molecular complexity index is 978. The van der Waals surface area contributed by atoms with Crippen molar-refractivity contribution in [3.8, 4) is 17.2 Å². The van der Waals surface area contributed by atoms with Crippen LogP contribution in [0.2, 0.25) is 0 Å². The summed E-state index contributed by atoms with van der Waals surface area (Å²) >= 11 is 0. The van der Waals surface area contributed by atoms with Crippen LogP contribution in [0, 0.1) is 0 Å². The molecule has 4 nitrogen and oxygen atoms in total. The predicted molar refractivity (Wildman–Crippen MR) is 94.4 cm³/mol. The molecule has 0 aliphatic rings. The smallest absolute Gasteiger partial charge is 0.453 e. The van der Waals surface area contributed by atoms with Gasteiger partial charge in [-0.05, 0) is 30.7 Å². The predicted octanol–water partition coefficient (Wildman–Crippen LogP) is 5.78. The van der Waals surface area contributed by atoms with E-state index in [9.17, 15) is 18.0 Å². The summed E-state index contributed by atoms with van der Waals surface area (Å²) in [4.78, 5) is 12.6. The maximum Gasteiger partial charge on any atom is 0.453 e. The second-order valence-corrected chi connectivity index (χ2v) is 5.86. The van der Waals surface area contributed by atoms with Crippen molar-refractivity contribution in [2.45, 2.75) is 25.9 Å². The van der Waals surface area contributed by atoms with Gasteiger partial charge in [-0.2, -0.15) is 13.2 Å². The number of fused-ring (bicyclic) bond motifs is 1. The molecule has 27 heavy (non-hydrogen) atoms. The molecule has 0 unspecified atom stereocenters. The van der Waals surface area contributed by atoms with Crippen LogP contribution in [0.5, 0.6) is 17.2 Å². The van der Waals surface area contributed by atoms with E-state index in [0.29, 0.717) is 12.4 Å². The van der Waals surface area contributed by atoms with E-state index in [1.54, 1.807) is 18.2 Å². The molecule has 0 bridgehead atoms. The Balaban J connectivity index is 2.10. The molecule has 0 saturated heterocycles. The minimum atomic E-state index is -4.89. The molecule has 0 spiro atoms. The number of hydrogen-bond acceptors (Lipinski definition) is 4. The van der Waals surface area contributed by atoms with Gasteiger partial charge in [0.05, 0.1) is 12.0 Å². The summed E-state index contributed by atoms with van der Waals surface area (Å²) in [5, 5.41) is -0.0169. The lowest BCUT2D eigenvalue weighted by Gasteiger charge is -2.13. The lowest BCUT2D eigenvalue weighted by atomic mass is 10.2. The lowest BCUT2D eigenvalue weighted by Crippen LogP contribution is -2.15. The van der Waals surface area contributed by atoms with E-state index >= 15 is 0 Å². The number of alkyl halides is 3. The zero-order chi connectivity index (χ0) is 19.4. The maximum absolute atomic E-state index is 13.5. The number of halogens is 3. The molecule has 3 aromatic rings. The van der Waals surface area contributed by atoms with Gasteiger partial charge in [0.2, 0.25) is 11.2 Å². The summed E-state index contributed by atoms with van der Waals surface area (Å²) in [7, 11) is 0. The Hall–Kier alpha value is -2.96. The van der Waals surface area contributed by atoms with E-state index in [0.717, 1.165) is 12.8 Å². The van der Waals surface area contributed by atoms with Gasteiger partial charge in [-0.25, -0.2) is 0 Å². The highest BCUT2D eigenvalue weighted by Gasteiger charge is 2.40. The van der Waals surface area contributed by atoms with Gasteiger partial charge >= 0.3 is 6.18 Å². The summed E-state index contributed by atoms with van der Waals surface area (Å²) in [5.41, 5.74) is -1.10. The molecule has 0 radical (unpaired) electrons. The zero-order valence-electron chi connectivity index (χ0n) is 14.5. The number of hydrogen-bond donors (Lipinski definition) is 0. The van der Waals surface area contributed by atoms with Crippen molar-refractivity contribution in [2.24, 2.45) is 0 Å². The molecule has 0 fully saturated rings. The van der Waals surface area contributed by atoms with Gasteiger partial charge in [0, 0.05) is 6.07 Å². The van der Waals surface area contributed by atoms with Crippen LogP contribution < -0.4 is 14.9 Å². The Labute approximate surface area is 153 Å². The highest BCUT2D eigenvalue weighted by atomic mass is 19.4. The van der Waals surface area contributed by atoms with Gasteiger partial charge in [-0.3, -0.25) is 4.79 Å². The van der Waals surface area contributed by atoms with Gasteiger partial charge in [-0.1, -0.05) is 31.5 Å². The van der Waals surface area contributed by atoms with Crippen LogP contribution in [-0.2, 0) is 6.18 Å². The van der Waals surface area contributed by atoms with Crippen LogP contribution in [0.3, 0.4) is 0 Å². The van der Waals surface area contributed by atoms with Gasteiger partial charge in [-0.15, -0.1) is 0 Å². The van der Waals surface area contributed by atoms with Crippen molar-refractivity contribution in [1.82, 2.24) is 0 Å². The Morgan fingerprint density at radius 1 is 1.04 bits per heavy atom. The minimum Gasteiger partial charge on any atom is -0.493 e. The fraction of sp³-hybridized carbons (Fsp3) is 0.250. The molecule has 0 atom stereocenters. The van der Waals surface area contributed by atoms with Crippen molar-refractivity contribution in [2.75, 3.05) is 6.61 Å². The molecule has 0 amide bonds. The van der Waals surface area contributed by atoms with Crippen LogP contribution in [0.1, 0.15) is 25.5 Å². The SMILES string of the molecule is CCCCOc1ccc2c(=O)c(Oc3ccccc3)c(C(F)(F)F)oc2c1. The minimum absolute atomic E-state index is 0.0169. The highest BCUT2D eigenvalue weighted by molar-refractivity contribution is 5.79. The summed E-state index contributed by atoms with van der Waals surface area (Å²) < 4.78 is 56.1. The molecule has 142 valence electrons. The van der Waals surface area contributed by atoms with E-state index in [1.165, 1.54) is 30.3 Å². The second kappa shape index (κ2) is 7.73. The normalized spacial score (nSPS) is 11.6. The van der Waals surface area contributed by atoms with Crippen LogP contribution in [0.4, 0.5) is 13.2 Å². The molecule has 2 aromatic carbocycles. The summed E-state index contributed by atoms with van der Waals surface area (Å²) in [6, 6.07) is 11.9. The number of para-hydroxylation sites is 1. The number of ether oxygens (including phenoxy) is 2. The van der Waals surface area contributed by atoms with E-state index in [4.69, 9.17) is 13.9 Å². The van der Waals surface area contributed by atoms with E-state index < -0.39 is 23.1 Å². The molecule has 3 rings (SSSR count). The average Bonchev–Trinajstić information content (AvgIpc) is 2.64. The van der Waals surface area contributed by atoms with Gasteiger partial charge in [0.1, 0.15) is 17.1 Å². The highest BCUT2D eigenvalue weighted by Crippen LogP contribution is 2.38. The van der Waals surface area contributed by atoms with Gasteiger partial charge < -0.3 is 13.9 Å². The Kier molecular flexibility index (Phi) is 5.39. The standard InChI is InChI=1S/C20H17F3O4/c1-2-3-11-25-14-9-10-15-16(12-14)27-19(20(21,22)23)18(17(15)24)26-13-7-5-4-6-8-13/h4-10,12H,2-3,11H2,1H3. The first-order chi connectivity index (χ1) is 12.9. The summed E-state index contributed by atoms with van der Waals surface area (Å²) in [6.07, 6.45) is -3.17. The van der Waals surface area contributed by atoms with Gasteiger partial charge in [0.15, 0.2) is 0 Å². The van der Waals surface area contributed by atoms with E-state index in [2.05, 4.69) is 0 Å². The third-order valence-corrected chi connectivity index (χ3v) is 3.81. The van der Waals surface area contributed by atoms with Crippen LogP contribution in [-0.4, -0.2) is 6.61 Å². The Morgan fingerprint density at radius 3 is 2.44 bits per heavy atom. The zero-order valence-corrected chi connectivity index (χ0v) is 14.5.